The van der Waals surface area contributed by atoms with Crippen LogP contribution in [0.4, 0.5) is 52.1 Å². The molecule has 1 aliphatic rings. The molecule has 1 saturated heterocycles. The van der Waals surface area contributed by atoms with Crippen LogP contribution < -0.4 is 26.0 Å². The molecule has 1 aliphatic heterocycles. The summed E-state index contributed by atoms with van der Waals surface area (Å²) in [5.74, 6) is -1.29. The van der Waals surface area contributed by atoms with Crippen molar-refractivity contribution in [2.45, 2.75) is 38.1 Å². The van der Waals surface area contributed by atoms with Crippen LogP contribution in [0, 0.1) is 5.82 Å². The van der Waals surface area contributed by atoms with Crippen LogP contribution in [0.2, 0.25) is 5.02 Å². The van der Waals surface area contributed by atoms with Crippen LogP contribution in [0.3, 0.4) is 0 Å². The van der Waals surface area contributed by atoms with Gasteiger partial charge in [-0.25, -0.2) is 9.37 Å². The highest BCUT2D eigenvalue weighted by Gasteiger charge is 2.36. The van der Waals surface area contributed by atoms with Crippen LogP contribution in [-0.4, -0.2) is 60.3 Å². The molecule has 14 heteroatoms. The zero-order valence-electron chi connectivity index (χ0n) is 23.2. The summed E-state index contributed by atoms with van der Waals surface area (Å²) in [6.07, 6.45) is -3.25. The summed E-state index contributed by atoms with van der Waals surface area (Å²) < 4.78 is 61.4. The van der Waals surface area contributed by atoms with Crippen LogP contribution in [0.25, 0.3) is 0 Å². The number of hydrogen-bond acceptors (Lipinski definition) is 9. The van der Waals surface area contributed by atoms with Gasteiger partial charge in [0, 0.05) is 42.6 Å². The number of nitrogens with one attached hydrogen (secondary N) is 2. The van der Waals surface area contributed by atoms with E-state index in [1.54, 1.807) is 12.1 Å². The lowest BCUT2D eigenvalue weighted by Crippen LogP contribution is -2.31. The van der Waals surface area contributed by atoms with Crippen LogP contribution in [0.1, 0.15) is 31.4 Å². The van der Waals surface area contributed by atoms with Crippen molar-refractivity contribution in [3.05, 3.63) is 52.4 Å². The molecule has 0 spiro atoms. The number of rotatable bonds is 8. The Morgan fingerprint density at radius 1 is 1.12 bits per heavy atom. The fraction of sp³-hybridized carbons (Fsp3) is 0.407. The molecule has 3 aromatic rings. The Labute approximate surface area is 240 Å². The Hall–Kier alpha value is -3.55. The normalized spacial score (nSPS) is 15.9. The lowest BCUT2D eigenvalue weighted by Gasteiger charge is -2.25. The highest BCUT2D eigenvalue weighted by Crippen LogP contribution is 2.41. The van der Waals surface area contributed by atoms with Crippen molar-refractivity contribution in [1.29, 1.82) is 0 Å². The Morgan fingerprint density at radius 3 is 2.41 bits per heavy atom. The summed E-state index contributed by atoms with van der Waals surface area (Å²) >= 11 is 5.91. The highest BCUT2D eigenvalue weighted by molar-refractivity contribution is 6.31. The fourth-order valence-corrected chi connectivity index (χ4v) is 4.82. The van der Waals surface area contributed by atoms with E-state index in [-0.39, 0.29) is 22.2 Å². The maximum atomic E-state index is 14.2. The van der Waals surface area contributed by atoms with Gasteiger partial charge in [0.05, 0.1) is 34.8 Å². The number of aliphatic hydroxyl groups is 1. The van der Waals surface area contributed by atoms with E-state index >= 15 is 0 Å². The minimum atomic E-state index is -4.83. The second-order valence-corrected chi connectivity index (χ2v) is 10.9. The van der Waals surface area contributed by atoms with Gasteiger partial charge in [0.25, 0.3) is 0 Å². The summed E-state index contributed by atoms with van der Waals surface area (Å²) in [6, 6.07) is 5.78. The number of halogens is 5. The lowest BCUT2D eigenvalue weighted by molar-refractivity contribution is -0.137. The smallest absolute Gasteiger partial charge is 0.421 e. The number of alkyl halides is 3. The average molecular weight is 598 g/mol. The van der Waals surface area contributed by atoms with E-state index in [0.29, 0.717) is 29.4 Å². The first-order valence-electron chi connectivity index (χ1n) is 12.7. The van der Waals surface area contributed by atoms with E-state index in [4.69, 9.17) is 22.1 Å². The summed E-state index contributed by atoms with van der Waals surface area (Å²) in [5, 5.41) is 15.6. The number of ether oxygens (including phenoxy) is 1. The summed E-state index contributed by atoms with van der Waals surface area (Å²) in [4.78, 5) is 12.2. The van der Waals surface area contributed by atoms with Gasteiger partial charge in [0.1, 0.15) is 22.9 Å². The third-order valence-corrected chi connectivity index (χ3v) is 7.19. The molecule has 2 aromatic carbocycles. The molecule has 1 fully saturated rings. The third kappa shape index (κ3) is 6.68. The van der Waals surface area contributed by atoms with Gasteiger partial charge in [-0.1, -0.05) is 11.6 Å². The Kier molecular flexibility index (Phi) is 8.44. The second-order valence-electron chi connectivity index (χ2n) is 10.5. The first-order valence-corrected chi connectivity index (χ1v) is 13.0. The van der Waals surface area contributed by atoms with E-state index in [1.807, 2.05) is 14.1 Å². The van der Waals surface area contributed by atoms with Crippen LogP contribution in [0.5, 0.6) is 5.75 Å². The van der Waals surface area contributed by atoms with Crippen molar-refractivity contribution >= 4 is 46.1 Å². The summed E-state index contributed by atoms with van der Waals surface area (Å²) in [7, 11) is 5.51. The zero-order valence-corrected chi connectivity index (χ0v) is 24.0. The predicted molar refractivity (Wildman–Crippen MR) is 152 cm³/mol. The van der Waals surface area contributed by atoms with Crippen molar-refractivity contribution in [3.8, 4) is 5.75 Å². The van der Waals surface area contributed by atoms with Crippen molar-refractivity contribution < 1.29 is 27.4 Å². The molecule has 0 radical (unpaired) electrons. The molecule has 0 amide bonds. The molecule has 0 saturated carbocycles. The summed E-state index contributed by atoms with van der Waals surface area (Å²) in [6.45, 7) is 4.31. The number of nitrogens with two attached hydrogens (primary N) is 1. The third-order valence-electron chi connectivity index (χ3n) is 6.90. The Balaban J connectivity index is 1.71. The topological polar surface area (TPSA) is 112 Å². The van der Waals surface area contributed by atoms with Crippen molar-refractivity contribution in [2.24, 2.45) is 0 Å². The van der Waals surface area contributed by atoms with Gasteiger partial charge >= 0.3 is 6.18 Å². The molecular weight excluding hydrogens is 566 g/mol. The van der Waals surface area contributed by atoms with Crippen molar-refractivity contribution in [2.75, 3.05) is 55.6 Å². The number of benzene rings is 2. The first-order chi connectivity index (χ1) is 19.1. The fourth-order valence-electron chi connectivity index (χ4n) is 4.66. The molecule has 0 aliphatic carbocycles. The number of aromatic nitrogens is 2. The Morgan fingerprint density at radius 2 is 1.83 bits per heavy atom. The molecule has 5 N–H and O–H groups in total. The Bertz CT molecular complexity index is 1430. The molecule has 222 valence electrons. The number of nitrogen functional groups attached to an aromatic ring is 1. The molecule has 9 nitrogen and oxygen atoms in total. The largest absolute Gasteiger partial charge is 0.494 e. The minimum Gasteiger partial charge on any atom is -0.494 e. The van der Waals surface area contributed by atoms with Gasteiger partial charge in [-0.3, -0.25) is 0 Å². The number of nitrogens with zero attached hydrogens (tertiary/aromatic N) is 4. The van der Waals surface area contributed by atoms with E-state index in [1.165, 1.54) is 21.0 Å². The number of hydrogen-bond donors (Lipinski definition) is 4. The molecule has 41 heavy (non-hydrogen) atoms. The monoisotopic (exact) mass is 597 g/mol. The number of methoxy groups -OCH3 is 1. The quantitative estimate of drug-likeness (QED) is 0.191. The van der Waals surface area contributed by atoms with Gasteiger partial charge < -0.3 is 36.0 Å². The van der Waals surface area contributed by atoms with Gasteiger partial charge in [-0.15, -0.1) is 0 Å². The average Bonchev–Trinajstić information content (AvgIpc) is 3.35. The predicted octanol–water partition coefficient (Wildman–Crippen LogP) is 5.73. The number of anilines is 6. The van der Waals surface area contributed by atoms with Crippen LogP contribution >= 0.6 is 11.6 Å². The van der Waals surface area contributed by atoms with E-state index in [2.05, 4.69) is 30.4 Å². The van der Waals surface area contributed by atoms with Crippen LogP contribution in [0.15, 0.2) is 30.5 Å². The molecule has 0 bridgehead atoms. The van der Waals surface area contributed by atoms with Gasteiger partial charge in [-0.05, 0) is 52.6 Å². The van der Waals surface area contributed by atoms with Crippen LogP contribution in [-0.2, 0) is 11.8 Å². The van der Waals surface area contributed by atoms with Gasteiger partial charge in [-0.2, -0.15) is 18.2 Å². The maximum absolute atomic E-state index is 14.2. The second kappa shape index (κ2) is 11.4. The number of likely N-dealkylation sites (N-methyl/N-ethyl adjacent to an activating group) is 1. The highest BCUT2D eigenvalue weighted by atomic mass is 35.5. The molecule has 2 heterocycles. The maximum Gasteiger partial charge on any atom is 0.421 e. The lowest BCUT2D eigenvalue weighted by atomic mass is 9.96. The molecular formula is C27H32ClF4N7O2. The van der Waals surface area contributed by atoms with E-state index in [0.717, 1.165) is 37.3 Å². The minimum absolute atomic E-state index is 0.0240. The van der Waals surface area contributed by atoms with E-state index < -0.39 is 29.0 Å². The molecule has 4 rings (SSSR count). The molecule has 1 aromatic heterocycles. The zero-order chi connectivity index (χ0) is 30.3. The molecule has 0 unspecified atom stereocenters. The van der Waals surface area contributed by atoms with Crippen molar-refractivity contribution in [1.82, 2.24) is 14.9 Å². The summed E-state index contributed by atoms with van der Waals surface area (Å²) in [5.41, 5.74) is 5.04. The van der Waals surface area contributed by atoms with E-state index in [9.17, 15) is 22.7 Å². The molecule has 1 atom stereocenters. The van der Waals surface area contributed by atoms with Crippen molar-refractivity contribution in [3.63, 3.8) is 0 Å². The standard InChI is InChI=1S/C27H32ClF4N7O2/c1-26(2,40)15-8-18(29)17(28)9-20(15)35-24-16(27(30,31)32)12-34-25(37-24)36-21-10-19(33)22(11-23(21)41-5)39-7-6-14(13-39)38(3)4/h8-12,14,40H,6-7,13,33H2,1-5H3,(H2,34,35,36,37)/t14-/m1/s1. The SMILES string of the molecule is COc1cc(N2CC[C@@H](N(C)C)C2)c(N)cc1Nc1ncc(C(F)(F)F)c(Nc2cc(Cl)c(F)cc2C(C)(C)O)n1. The van der Waals surface area contributed by atoms with Gasteiger partial charge in [0.2, 0.25) is 5.95 Å². The first kappa shape index (κ1) is 30.4. The van der Waals surface area contributed by atoms with Gasteiger partial charge in [0.15, 0.2) is 0 Å².